The van der Waals surface area contributed by atoms with Gasteiger partial charge in [-0.3, -0.25) is 9.78 Å². The summed E-state index contributed by atoms with van der Waals surface area (Å²) in [4.78, 5) is 27.1. The first-order valence-corrected chi connectivity index (χ1v) is 10.8. The van der Waals surface area contributed by atoms with Crippen LogP contribution < -0.4 is 14.8 Å². The number of methoxy groups -OCH3 is 1. The Hall–Kier alpha value is -3.83. The molecule has 168 valence electrons. The van der Waals surface area contributed by atoms with Gasteiger partial charge < -0.3 is 14.8 Å². The number of nitriles is 1. The maximum absolute atomic E-state index is 14.1. The predicted molar refractivity (Wildman–Crippen MR) is 122 cm³/mol. The van der Waals surface area contributed by atoms with Crippen molar-refractivity contribution >= 4 is 5.78 Å². The van der Waals surface area contributed by atoms with Crippen LogP contribution in [0.5, 0.6) is 11.8 Å². The van der Waals surface area contributed by atoms with Crippen LogP contribution in [0.1, 0.15) is 41.3 Å². The Morgan fingerprint density at radius 1 is 1.21 bits per heavy atom. The molecule has 1 aliphatic heterocycles. The van der Waals surface area contributed by atoms with E-state index >= 15 is 0 Å². The molecule has 0 bridgehead atoms. The number of nitrogens with one attached hydrogen (secondary N) is 1. The highest BCUT2D eigenvalue weighted by atomic mass is 16.5. The smallest absolute Gasteiger partial charge is 0.218 e. The number of ketones is 1. The first-order chi connectivity index (χ1) is 16.0. The molecule has 8 nitrogen and oxygen atoms in total. The van der Waals surface area contributed by atoms with E-state index in [4.69, 9.17) is 9.47 Å². The molecule has 0 radical (unpaired) electrons. The minimum atomic E-state index is -1.20. The molecule has 0 unspecified atom stereocenters. The van der Waals surface area contributed by atoms with Crippen LogP contribution in [0.2, 0.25) is 0 Å². The van der Waals surface area contributed by atoms with Crippen molar-refractivity contribution in [1.29, 1.82) is 5.26 Å². The van der Waals surface area contributed by atoms with E-state index in [2.05, 4.69) is 33.3 Å². The predicted octanol–water partition coefficient (Wildman–Crippen LogP) is 3.50. The molecule has 0 saturated carbocycles. The molecule has 1 saturated heterocycles. The minimum Gasteiger partial charge on any atom is -0.481 e. The highest BCUT2D eigenvalue weighted by molar-refractivity contribution is 6.07. The van der Waals surface area contributed by atoms with Gasteiger partial charge >= 0.3 is 0 Å². The van der Waals surface area contributed by atoms with Gasteiger partial charge in [-0.25, -0.2) is 9.97 Å². The van der Waals surface area contributed by atoms with Gasteiger partial charge in [0, 0.05) is 53.9 Å². The molecule has 1 fully saturated rings. The van der Waals surface area contributed by atoms with Gasteiger partial charge in [0.15, 0.2) is 5.60 Å². The third-order valence-corrected chi connectivity index (χ3v) is 5.98. The summed E-state index contributed by atoms with van der Waals surface area (Å²) < 4.78 is 11.7. The number of pyridine rings is 3. The van der Waals surface area contributed by atoms with Gasteiger partial charge in [-0.1, -0.05) is 0 Å². The first-order valence-electron chi connectivity index (χ1n) is 10.8. The van der Waals surface area contributed by atoms with Gasteiger partial charge in [0.2, 0.25) is 17.5 Å². The largest absolute Gasteiger partial charge is 0.481 e. The Bertz CT molecular complexity index is 1200. The van der Waals surface area contributed by atoms with Crippen molar-refractivity contribution in [2.24, 2.45) is 0 Å². The van der Waals surface area contributed by atoms with Crippen molar-refractivity contribution in [2.45, 2.75) is 38.3 Å². The second-order valence-corrected chi connectivity index (χ2v) is 8.13. The molecule has 3 aromatic rings. The van der Waals surface area contributed by atoms with Crippen molar-refractivity contribution in [2.75, 3.05) is 13.7 Å². The Morgan fingerprint density at radius 3 is 2.67 bits per heavy atom. The number of rotatable bonds is 6. The average molecular weight is 444 g/mol. The van der Waals surface area contributed by atoms with E-state index in [1.165, 1.54) is 13.3 Å². The molecule has 1 aliphatic rings. The number of carbonyl (C=O) groups is 1. The van der Waals surface area contributed by atoms with Crippen LogP contribution >= 0.6 is 0 Å². The maximum Gasteiger partial charge on any atom is 0.218 e. The molecule has 3 aromatic heterocycles. The van der Waals surface area contributed by atoms with Crippen molar-refractivity contribution in [3.63, 3.8) is 0 Å². The summed E-state index contributed by atoms with van der Waals surface area (Å²) in [7, 11) is 1.54. The van der Waals surface area contributed by atoms with Crippen LogP contribution in [0, 0.1) is 18.3 Å². The zero-order valence-electron chi connectivity index (χ0n) is 18.8. The summed E-state index contributed by atoms with van der Waals surface area (Å²) in [6.45, 7) is 4.16. The molecule has 4 heterocycles. The summed E-state index contributed by atoms with van der Waals surface area (Å²) in [5.41, 5.74) is 1.54. The maximum atomic E-state index is 14.1. The standard InChI is InChI=1S/C25H25N5O3/c1-16-6-10-25(15-29-16,33-24-17(2)19(14-26)9-13-28-24)23(31)20-4-5-21(32-3)30-22(20)18-7-11-27-12-8-18/h4-5,7-9,11-13,16,29H,6,10,15H2,1-3H3/t16-,25-/m1/s1. The average Bonchev–Trinajstić information content (AvgIpc) is 2.86. The quantitative estimate of drug-likeness (QED) is 0.577. The van der Waals surface area contributed by atoms with Gasteiger partial charge in [0.1, 0.15) is 0 Å². The Labute approximate surface area is 192 Å². The lowest BCUT2D eigenvalue weighted by atomic mass is 9.82. The molecule has 33 heavy (non-hydrogen) atoms. The second-order valence-electron chi connectivity index (χ2n) is 8.13. The molecule has 4 rings (SSSR count). The fourth-order valence-electron chi connectivity index (χ4n) is 3.95. The number of aromatic nitrogens is 3. The third kappa shape index (κ3) is 4.41. The Kier molecular flexibility index (Phi) is 6.33. The monoisotopic (exact) mass is 443 g/mol. The van der Waals surface area contributed by atoms with Crippen molar-refractivity contribution < 1.29 is 14.3 Å². The van der Waals surface area contributed by atoms with E-state index in [9.17, 15) is 10.1 Å². The molecule has 2 atom stereocenters. The van der Waals surface area contributed by atoms with Crippen molar-refractivity contribution in [3.8, 4) is 29.1 Å². The van der Waals surface area contributed by atoms with Crippen LogP contribution in [-0.4, -0.2) is 46.0 Å². The normalized spacial score (nSPS) is 20.0. The lowest BCUT2D eigenvalue weighted by molar-refractivity contribution is 0.0261. The number of piperidine rings is 1. The molecule has 0 spiro atoms. The molecule has 0 aliphatic carbocycles. The third-order valence-electron chi connectivity index (χ3n) is 5.98. The molecule has 1 N–H and O–H groups in total. The minimum absolute atomic E-state index is 0.201. The first kappa shape index (κ1) is 22.4. The van der Waals surface area contributed by atoms with E-state index in [1.54, 1.807) is 49.6 Å². The molecule has 8 heteroatoms. The van der Waals surface area contributed by atoms with Crippen molar-refractivity contribution in [3.05, 3.63) is 65.6 Å². The Morgan fingerprint density at radius 2 is 2.00 bits per heavy atom. The molecular weight excluding hydrogens is 418 g/mol. The number of ether oxygens (including phenoxy) is 2. The van der Waals surface area contributed by atoms with E-state index < -0.39 is 5.60 Å². The number of hydrogen-bond donors (Lipinski definition) is 1. The van der Waals surface area contributed by atoms with Crippen LogP contribution in [-0.2, 0) is 0 Å². The van der Waals surface area contributed by atoms with Gasteiger partial charge in [-0.15, -0.1) is 0 Å². The summed E-state index contributed by atoms with van der Waals surface area (Å²) in [6.07, 6.45) is 6.08. The van der Waals surface area contributed by atoms with Crippen LogP contribution in [0.3, 0.4) is 0 Å². The summed E-state index contributed by atoms with van der Waals surface area (Å²) >= 11 is 0. The highest BCUT2D eigenvalue weighted by Gasteiger charge is 2.45. The lowest BCUT2D eigenvalue weighted by Crippen LogP contribution is -2.58. The molecule has 0 aromatic carbocycles. The zero-order valence-corrected chi connectivity index (χ0v) is 18.8. The fraction of sp³-hybridized carbons (Fsp3) is 0.320. The lowest BCUT2D eigenvalue weighted by Gasteiger charge is -2.39. The van der Waals surface area contributed by atoms with E-state index in [0.717, 1.165) is 12.0 Å². The number of Topliss-reactive ketones (excluding diaryl/α,β-unsaturated/α-hetero) is 1. The SMILES string of the molecule is COc1ccc(C(=O)[C@@]2(Oc3nccc(C#N)c3C)CC[C@@H](C)NC2)c(-c2ccncc2)n1. The van der Waals surface area contributed by atoms with Crippen LogP contribution in [0.4, 0.5) is 0 Å². The number of nitrogens with zero attached hydrogens (tertiary/aromatic N) is 4. The van der Waals surface area contributed by atoms with Crippen molar-refractivity contribution in [1.82, 2.24) is 20.3 Å². The topological polar surface area (TPSA) is 110 Å². The summed E-state index contributed by atoms with van der Waals surface area (Å²) in [5.74, 6) is 0.487. The molecular formula is C25H25N5O3. The van der Waals surface area contributed by atoms with Gasteiger partial charge in [0.05, 0.1) is 24.4 Å². The number of carbonyl (C=O) groups excluding carboxylic acids is 1. The van der Waals surface area contributed by atoms with Gasteiger partial charge in [0.25, 0.3) is 0 Å². The fourth-order valence-corrected chi connectivity index (χ4v) is 3.95. The summed E-state index contributed by atoms with van der Waals surface area (Å²) in [5, 5.41) is 12.8. The van der Waals surface area contributed by atoms with Gasteiger partial charge in [-0.2, -0.15) is 5.26 Å². The van der Waals surface area contributed by atoms with E-state index in [0.29, 0.717) is 41.2 Å². The highest BCUT2D eigenvalue weighted by Crippen LogP contribution is 2.34. The molecule has 0 amide bonds. The summed E-state index contributed by atoms with van der Waals surface area (Å²) in [6, 6.07) is 11.0. The Balaban J connectivity index is 1.81. The van der Waals surface area contributed by atoms with Gasteiger partial charge in [-0.05, 0) is 51.0 Å². The second kappa shape index (κ2) is 9.35. The van der Waals surface area contributed by atoms with E-state index in [1.807, 2.05) is 0 Å². The van der Waals surface area contributed by atoms with E-state index in [-0.39, 0.29) is 17.7 Å². The zero-order chi connectivity index (χ0) is 23.4. The van der Waals surface area contributed by atoms with Crippen LogP contribution in [0.15, 0.2) is 48.9 Å². The van der Waals surface area contributed by atoms with Crippen LogP contribution in [0.25, 0.3) is 11.3 Å². The number of hydrogen-bond acceptors (Lipinski definition) is 8.